The van der Waals surface area contributed by atoms with Crippen LogP contribution in [0.25, 0.3) is 0 Å². The highest BCUT2D eigenvalue weighted by molar-refractivity contribution is 7.12. The van der Waals surface area contributed by atoms with Crippen molar-refractivity contribution >= 4 is 40.5 Å². The lowest BCUT2D eigenvalue weighted by Crippen LogP contribution is -2.52. The van der Waals surface area contributed by atoms with E-state index in [1.807, 2.05) is 19.1 Å². The number of carbonyl (C=O) groups is 4. The number of hydrazine groups is 1. The van der Waals surface area contributed by atoms with Gasteiger partial charge in [0.2, 0.25) is 0 Å². The number of non-ortho nitro benzene ring substituents is 1. The maximum Gasteiger partial charge on any atom is 0.273 e. The number of nitro groups is 1. The number of nitro benzene ring substituents is 1. The molecule has 1 aliphatic carbocycles. The number of hydrogen-bond donors (Lipinski definition) is 0. The maximum atomic E-state index is 13.3. The second kappa shape index (κ2) is 8.46. The van der Waals surface area contributed by atoms with Gasteiger partial charge < -0.3 is 0 Å². The molecule has 0 bridgehead atoms. The number of allylic oxidation sites excluding steroid dienone is 2. The number of thiophene rings is 1. The van der Waals surface area contributed by atoms with Gasteiger partial charge in [-0.15, -0.1) is 11.3 Å². The van der Waals surface area contributed by atoms with Gasteiger partial charge >= 0.3 is 0 Å². The Morgan fingerprint density at radius 2 is 1.91 bits per heavy atom. The molecule has 1 saturated heterocycles. The third-order valence-electron chi connectivity index (χ3n) is 5.74. The molecule has 1 aromatic carbocycles. The zero-order valence-corrected chi connectivity index (χ0v) is 17.9. The van der Waals surface area contributed by atoms with E-state index in [-0.39, 0.29) is 17.2 Å². The van der Waals surface area contributed by atoms with Gasteiger partial charge in [-0.3, -0.25) is 29.3 Å². The van der Waals surface area contributed by atoms with Crippen molar-refractivity contribution < 1.29 is 24.1 Å². The fraction of sp³-hybridized carbons (Fsp3) is 0.273. The summed E-state index contributed by atoms with van der Waals surface area (Å²) in [6.07, 6.45) is 4.10. The minimum absolute atomic E-state index is 0.0243. The summed E-state index contributed by atoms with van der Waals surface area (Å²) in [5, 5.41) is 14.3. The van der Waals surface area contributed by atoms with Crippen LogP contribution in [-0.2, 0) is 9.59 Å². The molecule has 10 heteroatoms. The number of ketones is 1. The van der Waals surface area contributed by atoms with E-state index in [0.717, 1.165) is 22.2 Å². The SMILES string of the molecule is C[C@@H]1C=CC[C@@H]2C(=O)N(N(CC(=O)c3cccs3)C(=O)c3ccc([N+](=O)[O-])cc3)C(=O)[C@@H]12. The average molecular weight is 453 g/mol. The molecule has 1 aliphatic heterocycles. The maximum absolute atomic E-state index is 13.3. The lowest BCUT2D eigenvalue weighted by Gasteiger charge is -2.30. The highest BCUT2D eigenvalue weighted by atomic mass is 32.1. The van der Waals surface area contributed by atoms with Gasteiger partial charge in [-0.05, 0) is 35.9 Å². The van der Waals surface area contributed by atoms with Crippen LogP contribution in [0.2, 0.25) is 0 Å². The number of Topliss-reactive ketones (excluding diaryl/α,β-unsaturated/α-hetero) is 1. The predicted octanol–water partition coefficient (Wildman–Crippen LogP) is 3.09. The van der Waals surface area contributed by atoms with E-state index in [1.54, 1.807) is 17.5 Å². The summed E-state index contributed by atoms with van der Waals surface area (Å²) in [5.41, 5.74) is -0.182. The van der Waals surface area contributed by atoms with Crippen molar-refractivity contribution in [3.63, 3.8) is 0 Å². The molecule has 9 nitrogen and oxygen atoms in total. The fourth-order valence-electron chi connectivity index (χ4n) is 4.13. The Bertz CT molecular complexity index is 1130. The lowest BCUT2D eigenvalue weighted by molar-refractivity contribution is -0.384. The van der Waals surface area contributed by atoms with Crippen molar-refractivity contribution in [1.29, 1.82) is 0 Å². The van der Waals surface area contributed by atoms with Crippen LogP contribution in [0.15, 0.2) is 53.9 Å². The number of imide groups is 1. The first-order valence-corrected chi connectivity index (χ1v) is 10.8. The Labute approximate surface area is 187 Å². The third kappa shape index (κ3) is 3.73. The topological polar surface area (TPSA) is 118 Å². The Hall–Kier alpha value is -3.66. The largest absolute Gasteiger partial charge is 0.291 e. The predicted molar refractivity (Wildman–Crippen MR) is 115 cm³/mol. The van der Waals surface area contributed by atoms with Gasteiger partial charge in [-0.1, -0.05) is 25.1 Å². The minimum Gasteiger partial charge on any atom is -0.291 e. The summed E-state index contributed by atoms with van der Waals surface area (Å²) in [6, 6.07) is 8.09. The Kier molecular flexibility index (Phi) is 5.70. The molecule has 2 aliphatic rings. The summed E-state index contributed by atoms with van der Waals surface area (Å²) in [4.78, 5) is 63.3. The minimum atomic E-state index is -0.759. The molecule has 2 heterocycles. The highest BCUT2D eigenvalue weighted by Gasteiger charge is 2.53. The Morgan fingerprint density at radius 3 is 2.50 bits per heavy atom. The van der Waals surface area contributed by atoms with Gasteiger partial charge in [0.1, 0.15) is 6.54 Å². The van der Waals surface area contributed by atoms with Crippen molar-refractivity contribution in [3.05, 3.63) is 74.5 Å². The number of benzene rings is 1. The number of amides is 3. The van der Waals surface area contributed by atoms with Crippen molar-refractivity contribution in [2.45, 2.75) is 13.3 Å². The first-order chi connectivity index (χ1) is 15.3. The van der Waals surface area contributed by atoms with E-state index in [4.69, 9.17) is 0 Å². The zero-order chi connectivity index (χ0) is 23.0. The van der Waals surface area contributed by atoms with Crippen LogP contribution in [0.1, 0.15) is 33.4 Å². The number of nitrogens with zero attached hydrogens (tertiary/aromatic N) is 3. The Balaban J connectivity index is 1.70. The summed E-state index contributed by atoms with van der Waals surface area (Å²) in [6.45, 7) is 1.33. The third-order valence-corrected chi connectivity index (χ3v) is 6.65. The van der Waals surface area contributed by atoms with E-state index < -0.39 is 46.8 Å². The average Bonchev–Trinajstić information content (AvgIpc) is 3.40. The first kappa shape index (κ1) is 21.6. The van der Waals surface area contributed by atoms with Crippen LogP contribution >= 0.6 is 11.3 Å². The number of rotatable bonds is 6. The molecule has 3 amide bonds. The molecule has 3 atom stereocenters. The summed E-state index contributed by atoms with van der Waals surface area (Å²) in [5.74, 6) is -3.60. The molecule has 0 unspecified atom stereocenters. The molecule has 1 fully saturated rings. The summed E-state index contributed by atoms with van der Waals surface area (Å²) < 4.78 is 0. The normalized spacial score (nSPS) is 22.0. The molecule has 1 aromatic heterocycles. The second-order valence-electron chi connectivity index (χ2n) is 7.71. The van der Waals surface area contributed by atoms with Crippen LogP contribution in [0.3, 0.4) is 0 Å². The molecule has 32 heavy (non-hydrogen) atoms. The van der Waals surface area contributed by atoms with Gasteiger partial charge in [0.25, 0.3) is 23.4 Å². The van der Waals surface area contributed by atoms with Crippen LogP contribution < -0.4 is 0 Å². The monoisotopic (exact) mass is 453 g/mol. The van der Waals surface area contributed by atoms with Crippen LogP contribution in [0.5, 0.6) is 0 Å². The van der Waals surface area contributed by atoms with E-state index in [2.05, 4.69) is 0 Å². The quantitative estimate of drug-likeness (QED) is 0.218. The molecule has 2 aromatic rings. The van der Waals surface area contributed by atoms with Crippen LogP contribution in [0.4, 0.5) is 5.69 Å². The molecule has 0 radical (unpaired) electrons. The first-order valence-electron chi connectivity index (χ1n) is 9.97. The molecular formula is C22H19N3O6S. The fourth-order valence-corrected chi connectivity index (χ4v) is 4.78. The number of hydrogen-bond acceptors (Lipinski definition) is 7. The second-order valence-corrected chi connectivity index (χ2v) is 8.66. The van der Waals surface area contributed by atoms with Crippen molar-refractivity contribution in [1.82, 2.24) is 10.0 Å². The van der Waals surface area contributed by atoms with Gasteiger partial charge in [0.15, 0.2) is 5.78 Å². The van der Waals surface area contributed by atoms with E-state index in [0.29, 0.717) is 11.3 Å². The lowest BCUT2D eigenvalue weighted by atomic mass is 9.78. The molecular weight excluding hydrogens is 434 g/mol. The van der Waals surface area contributed by atoms with Gasteiger partial charge in [0.05, 0.1) is 21.6 Å². The van der Waals surface area contributed by atoms with E-state index in [1.165, 1.54) is 23.5 Å². The smallest absolute Gasteiger partial charge is 0.273 e. The van der Waals surface area contributed by atoms with Crippen molar-refractivity contribution in [2.24, 2.45) is 17.8 Å². The van der Waals surface area contributed by atoms with Gasteiger partial charge in [-0.25, -0.2) is 5.01 Å². The van der Waals surface area contributed by atoms with Crippen LogP contribution in [0, 0.1) is 27.9 Å². The molecule has 0 spiro atoms. The highest BCUT2D eigenvalue weighted by Crippen LogP contribution is 2.39. The zero-order valence-electron chi connectivity index (χ0n) is 17.0. The number of fused-ring (bicyclic) bond motifs is 1. The molecule has 4 rings (SSSR count). The van der Waals surface area contributed by atoms with E-state index in [9.17, 15) is 29.3 Å². The molecule has 164 valence electrons. The van der Waals surface area contributed by atoms with Crippen molar-refractivity contribution in [2.75, 3.05) is 6.54 Å². The Morgan fingerprint density at radius 1 is 1.19 bits per heavy atom. The van der Waals surface area contributed by atoms with E-state index >= 15 is 0 Å². The summed E-state index contributed by atoms with van der Waals surface area (Å²) >= 11 is 1.19. The number of carbonyl (C=O) groups excluding carboxylic acids is 4. The molecule has 0 N–H and O–H groups in total. The van der Waals surface area contributed by atoms with Crippen LogP contribution in [-0.4, -0.2) is 45.0 Å². The van der Waals surface area contributed by atoms with Gasteiger partial charge in [-0.2, -0.15) is 5.01 Å². The van der Waals surface area contributed by atoms with Crippen molar-refractivity contribution in [3.8, 4) is 0 Å². The van der Waals surface area contributed by atoms with Gasteiger partial charge in [0, 0.05) is 17.7 Å². The summed E-state index contributed by atoms with van der Waals surface area (Å²) in [7, 11) is 0. The molecule has 0 saturated carbocycles. The standard InChI is InChI=1S/C22H19N3O6S/c1-13-4-2-5-16-19(13)22(29)24(21(16)28)23(12-17(26)18-6-3-11-32-18)20(27)14-7-9-15(10-8-14)25(30)31/h2-4,6-11,13,16,19H,5,12H2,1H3/t13-,16+,19+/m1/s1.